The summed E-state index contributed by atoms with van der Waals surface area (Å²) in [5.74, 6) is -4.65. The van der Waals surface area contributed by atoms with Crippen LogP contribution in [0.4, 0.5) is 8.78 Å². The lowest BCUT2D eigenvalue weighted by Crippen LogP contribution is -2.21. The maximum absolute atomic E-state index is 14.2. The van der Waals surface area contributed by atoms with E-state index in [2.05, 4.69) is 4.98 Å². The average Bonchev–Trinajstić information content (AvgIpc) is 2.52. The number of alkyl halides is 2. The van der Waals surface area contributed by atoms with Crippen LogP contribution in [0.15, 0.2) is 35.1 Å². The van der Waals surface area contributed by atoms with Gasteiger partial charge in [0.15, 0.2) is 5.75 Å². The second-order valence-electron chi connectivity index (χ2n) is 4.67. The van der Waals surface area contributed by atoms with Gasteiger partial charge >= 0.3 is 5.97 Å². The molecule has 0 fully saturated rings. The standard InChI is InChI=1S/C14H9F2NO4/c15-14(16)6-8-2-1-7(13(19)20)5-10(8)21-9-3-4-11(18)17-12(9)14/h1-5H,6H2,(H,17,18)(H,19,20). The van der Waals surface area contributed by atoms with Crippen molar-refractivity contribution in [3.63, 3.8) is 0 Å². The van der Waals surface area contributed by atoms with E-state index in [1.165, 1.54) is 18.2 Å². The van der Waals surface area contributed by atoms with Crippen LogP contribution in [0.5, 0.6) is 11.5 Å². The zero-order chi connectivity index (χ0) is 15.2. The van der Waals surface area contributed by atoms with Crippen molar-refractivity contribution in [1.82, 2.24) is 4.98 Å². The van der Waals surface area contributed by atoms with Crippen molar-refractivity contribution in [1.29, 1.82) is 0 Å². The van der Waals surface area contributed by atoms with Gasteiger partial charge in [-0.2, -0.15) is 8.78 Å². The first kappa shape index (κ1) is 13.3. The van der Waals surface area contributed by atoms with E-state index in [1.54, 1.807) is 0 Å². The van der Waals surface area contributed by atoms with Crippen molar-refractivity contribution in [2.24, 2.45) is 0 Å². The number of carboxylic acids is 1. The number of fused-ring (bicyclic) bond motifs is 2. The fourth-order valence-corrected chi connectivity index (χ4v) is 2.19. The van der Waals surface area contributed by atoms with E-state index in [-0.39, 0.29) is 22.6 Å². The molecule has 0 unspecified atom stereocenters. The number of ether oxygens (including phenoxy) is 1. The number of aromatic carboxylic acids is 1. The third-order valence-electron chi connectivity index (χ3n) is 3.19. The van der Waals surface area contributed by atoms with Gasteiger partial charge < -0.3 is 14.8 Å². The van der Waals surface area contributed by atoms with E-state index in [9.17, 15) is 18.4 Å². The molecule has 0 spiro atoms. The lowest BCUT2D eigenvalue weighted by molar-refractivity contribution is -0.00815. The Balaban J connectivity index is 2.19. The Hall–Kier alpha value is -2.70. The molecule has 1 aromatic heterocycles. The fourth-order valence-electron chi connectivity index (χ4n) is 2.19. The third-order valence-corrected chi connectivity index (χ3v) is 3.19. The molecular formula is C14H9F2NO4. The lowest BCUT2D eigenvalue weighted by Gasteiger charge is -2.14. The number of nitrogens with one attached hydrogen (secondary N) is 1. The number of benzene rings is 1. The fraction of sp³-hybridized carbons (Fsp3) is 0.143. The second kappa shape index (κ2) is 4.41. The molecule has 2 heterocycles. The van der Waals surface area contributed by atoms with Crippen LogP contribution >= 0.6 is 0 Å². The number of halogens is 2. The Labute approximate surface area is 116 Å². The van der Waals surface area contributed by atoms with Crippen molar-refractivity contribution in [3.05, 3.63) is 57.5 Å². The highest BCUT2D eigenvalue weighted by atomic mass is 19.3. The highest BCUT2D eigenvalue weighted by Gasteiger charge is 2.39. The number of carboxylic acid groups (broad SMARTS) is 1. The van der Waals surface area contributed by atoms with Gasteiger partial charge in [0.2, 0.25) is 5.56 Å². The van der Waals surface area contributed by atoms with Gasteiger partial charge in [-0.1, -0.05) is 6.07 Å². The molecule has 0 saturated carbocycles. The summed E-state index contributed by atoms with van der Waals surface area (Å²) >= 11 is 0. The van der Waals surface area contributed by atoms with Gasteiger partial charge in [-0.3, -0.25) is 4.79 Å². The molecule has 2 aromatic rings. The molecule has 1 aliphatic rings. The van der Waals surface area contributed by atoms with Crippen LogP contribution in [-0.4, -0.2) is 16.1 Å². The summed E-state index contributed by atoms with van der Waals surface area (Å²) in [6.45, 7) is 0. The Bertz CT molecular complexity index is 798. The molecule has 0 radical (unpaired) electrons. The highest BCUT2D eigenvalue weighted by Crippen LogP contribution is 2.43. The molecule has 0 aliphatic carbocycles. The number of aromatic amines is 1. The van der Waals surface area contributed by atoms with Crippen LogP contribution in [0.1, 0.15) is 21.6 Å². The minimum Gasteiger partial charge on any atom is -0.478 e. The van der Waals surface area contributed by atoms with E-state index < -0.39 is 29.6 Å². The number of pyridine rings is 1. The van der Waals surface area contributed by atoms with E-state index in [0.717, 1.165) is 12.1 Å². The molecule has 7 heteroatoms. The highest BCUT2D eigenvalue weighted by molar-refractivity contribution is 5.88. The summed E-state index contributed by atoms with van der Waals surface area (Å²) < 4.78 is 33.8. The average molecular weight is 293 g/mol. The molecule has 5 nitrogen and oxygen atoms in total. The zero-order valence-electron chi connectivity index (χ0n) is 10.5. The molecule has 1 aromatic carbocycles. The van der Waals surface area contributed by atoms with E-state index in [0.29, 0.717) is 0 Å². The van der Waals surface area contributed by atoms with Gasteiger partial charge in [-0.05, 0) is 18.2 Å². The molecule has 2 N–H and O–H groups in total. The van der Waals surface area contributed by atoms with Crippen LogP contribution < -0.4 is 10.3 Å². The van der Waals surface area contributed by atoms with Crippen molar-refractivity contribution in [3.8, 4) is 11.5 Å². The molecule has 3 rings (SSSR count). The monoisotopic (exact) mass is 293 g/mol. The predicted octanol–water partition coefficient (Wildman–Crippen LogP) is 2.51. The first-order valence-electron chi connectivity index (χ1n) is 6.02. The van der Waals surface area contributed by atoms with Crippen molar-refractivity contribution >= 4 is 5.97 Å². The maximum Gasteiger partial charge on any atom is 0.335 e. The first-order valence-corrected chi connectivity index (χ1v) is 6.02. The van der Waals surface area contributed by atoms with E-state index in [1.807, 2.05) is 0 Å². The smallest absolute Gasteiger partial charge is 0.335 e. The lowest BCUT2D eigenvalue weighted by atomic mass is 10.0. The molecule has 0 atom stereocenters. The minimum atomic E-state index is -3.31. The quantitative estimate of drug-likeness (QED) is 0.846. The molecule has 0 bridgehead atoms. The summed E-state index contributed by atoms with van der Waals surface area (Å²) in [5.41, 5.74) is -1.16. The van der Waals surface area contributed by atoms with Gasteiger partial charge in [0.1, 0.15) is 11.4 Å². The maximum atomic E-state index is 14.2. The largest absolute Gasteiger partial charge is 0.478 e. The van der Waals surface area contributed by atoms with Crippen LogP contribution in [0.3, 0.4) is 0 Å². The number of hydrogen-bond acceptors (Lipinski definition) is 3. The number of carbonyl (C=O) groups is 1. The number of hydrogen-bond donors (Lipinski definition) is 2. The normalized spacial score (nSPS) is 15.3. The molecule has 21 heavy (non-hydrogen) atoms. The topological polar surface area (TPSA) is 79.4 Å². The minimum absolute atomic E-state index is 0.0420. The number of H-pyrrole nitrogens is 1. The molecule has 108 valence electrons. The number of aromatic nitrogens is 1. The number of rotatable bonds is 1. The van der Waals surface area contributed by atoms with Gasteiger partial charge in [0, 0.05) is 18.1 Å². The Morgan fingerprint density at radius 3 is 2.71 bits per heavy atom. The summed E-state index contributed by atoms with van der Waals surface area (Å²) in [4.78, 5) is 24.3. The van der Waals surface area contributed by atoms with Gasteiger partial charge in [0.25, 0.3) is 5.92 Å². The predicted molar refractivity (Wildman–Crippen MR) is 68.1 cm³/mol. The van der Waals surface area contributed by atoms with Crippen LogP contribution in [-0.2, 0) is 12.3 Å². The van der Waals surface area contributed by atoms with Crippen molar-refractivity contribution < 1.29 is 23.4 Å². The Kier molecular flexibility index (Phi) is 2.79. The molecule has 1 aliphatic heterocycles. The van der Waals surface area contributed by atoms with Crippen LogP contribution in [0.2, 0.25) is 0 Å². The Morgan fingerprint density at radius 2 is 2.00 bits per heavy atom. The van der Waals surface area contributed by atoms with Gasteiger partial charge in [-0.15, -0.1) is 0 Å². The molecule has 0 saturated heterocycles. The SMILES string of the molecule is O=C(O)c1ccc2c(c1)Oc1ccc(=O)[nH]c1C(F)(F)C2. The second-order valence-corrected chi connectivity index (χ2v) is 4.67. The summed E-state index contributed by atoms with van der Waals surface area (Å²) in [6, 6.07) is 5.93. The summed E-state index contributed by atoms with van der Waals surface area (Å²) in [6.07, 6.45) is -0.685. The zero-order valence-corrected chi connectivity index (χ0v) is 10.5. The summed E-state index contributed by atoms with van der Waals surface area (Å²) in [7, 11) is 0. The van der Waals surface area contributed by atoms with E-state index >= 15 is 0 Å². The van der Waals surface area contributed by atoms with E-state index in [4.69, 9.17) is 9.84 Å². The van der Waals surface area contributed by atoms with Gasteiger partial charge in [0.05, 0.1) is 5.56 Å². The third kappa shape index (κ3) is 2.26. The molecular weight excluding hydrogens is 284 g/mol. The van der Waals surface area contributed by atoms with Crippen molar-refractivity contribution in [2.45, 2.75) is 12.3 Å². The van der Waals surface area contributed by atoms with Crippen LogP contribution in [0, 0.1) is 0 Å². The molecule has 0 amide bonds. The van der Waals surface area contributed by atoms with Crippen molar-refractivity contribution in [2.75, 3.05) is 0 Å². The summed E-state index contributed by atoms with van der Waals surface area (Å²) in [5, 5.41) is 8.94. The van der Waals surface area contributed by atoms with Gasteiger partial charge in [-0.25, -0.2) is 4.79 Å². The Morgan fingerprint density at radius 1 is 1.24 bits per heavy atom. The first-order chi connectivity index (χ1) is 9.87. The van der Waals surface area contributed by atoms with Crippen LogP contribution in [0.25, 0.3) is 0 Å².